The molecular formula is C46H37N. The van der Waals surface area contributed by atoms with Gasteiger partial charge >= 0.3 is 0 Å². The molecule has 1 nitrogen and oxygen atoms in total. The molecule has 8 aromatic carbocycles. The van der Waals surface area contributed by atoms with Crippen LogP contribution in [-0.4, -0.2) is 0 Å². The Kier molecular flexibility index (Phi) is 7.11. The molecule has 0 heterocycles. The summed E-state index contributed by atoms with van der Waals surface area (Å²) in [5.41, 5.74) is 9.68. The maximum atomic E-state index is 2.37. The number of rotatable bonds is 5. The van der Waals surface area contributed by atoms with Gasteiger partial charge in [-0.15, -0.1) is 0 Å². The second-order valence-corrected chi connectivity index (χ2v) is 13.4. The third-order valence-electron chi connectivity index (χ3n) is 9.43. The molecule has 0 bridgehead atoms. The predicted molar refractivity (Wildman–Crippen MR) is 203 cm³/mol. The molecule has 0 amide bonds. The van der Waals surface area contributed by atoms with E-state index in [0.29, 0.717) is 0 Å². The molecule has 0 unspecified atom stereocenters. The van der Waals surface area contributed by atoms with Crippen LogP contribution in [0.5, 0.6) is 0 Å². The minimum Gasteiger partial charge on any atom is -0.311 e. The standard InChI is InChI=1S/C46H37N/c1-46(2,3)36-22-28-39(29-23-36)47(37-24-17-33(18-25-37)32-11-5-4-6-12-32)38-26-19-34(20-27-38)35-21-30-44-42-15-8-7-13-40(42)41-14-9-10-16-43(41)45(44)31-35/h4-31H,1-3H3. The Bertz CT molecular complexity index is 2310. The third-order valence-corrected chi connectivity index (χ3v) is 9.43. The molecule has 1 heteroatoms. The van der Waals surface area contributed by atoms with Crippen molar-refractivity contribution in [3.63, 3.8) is 0 Å². The smallest absolute Gasteiger partial charge is 0.0462 e. The molecule has 0 aromatic heterocycles. The zero-order valence-corrected chi connectivity index (χ0v) is 27.1. The fourth-order valence-electron chi connectivity index (χ4n) is 6.88. The van der Waals surface area contributed by atoms with Gasteiger partial charge in [0, 0.05) is 17.1 Å². The highest BCUT2D eigenvalue weighted by Crippen LogP contribution is 2.40. The van der Waals surface area contributed by atoms with Crippen LogP contribution in [0.3, 0.4) is 0 Å². The maximum Gasteiger partial charge on any atom is 0.0462 e. The molecule has 0 saturated heterocycles. The first-order chi connectivity index (χ1) is 22.9. The van der Waals surface area contributed by atoms with Crippen molar-refractivity contribution < 1.29 is 0 Å². The first-order valence-corrected chi connectivity index (χ1v) is 16.4. The number of fused-ring (bicyclic) bond motifs is 6. The van der Waals surface area contributed by atoms with Crippen molar-refractivity contribution in [1.29, 1.82) is 0 Å². The van der Waals surface area contributed by atoms with E-state index in [-0.39, 0.29) is 5.41 Å². The molecule has 0 atom stereocenters. The molecule has 0 fully saturated rings. The van der Waals surface area contributed by atoms with Crippen molar-refractivity contribution in [1.82, 2.24) is 0 Å². The monoisotopic (exact) mass is 603 g/mol. The highest BCUT2D eigenvalue weighted by Gasteiger charge is 2.17. The number of nitrogens with zero attached hydrogens (tertiary/aromatic N) is 1. The lowest BCUT2D eigenvalue weighted by atomic mass is 9.87. The van der Waals surface area contributed by atoms with E-state index in [1.807, 2.05) is 0 Å². The lowest BCUT2D eigenvalue weighted by Gasteiger charge is -2.27. The van der Waals surface area contributed by atoms with Crippen LogP contribution in [0.4, 0.5) is 17.1 Å². The first kappa shape index (κ1) is 28.8. The van der Waals surface area contributed by atoms with Gasteiger partial charge in [0.1, 0.15) is 0 Å². The summed E-state index contributed by atoms with van der Waals surface area (Å²) in [6, 6.07) is 62.0. The van der Waals surface area contributed by atoms with Gasteiger partial charge in [-0.3, -0.25) is 0 Å². The van der Waals surface area contributed by atoms with Crippen LogP contribution in [0.25, 0.3) is 54.6 Å². The highest BCUT2D eigenvalue weighted by molar-refractivity contribution is 6.25. The van der Waals surface area contributed by atoms with Gasteiger partial charge in [-0.2, -0.15) is 0 Å². The summed E-state index contributed by atoms with van der Waals surface area (Å²) in [5.74, 6) is 0. The van der Waals surface area contributed by atoms with E-state index in [1.165, 1.54) is 60.1 Å². The van der Waals surface area contributed by atoms with Crippen LogP contribution in [0.2, 0.25) is 0 Å². The van der Waals surface area contributed by atoms with Crippen molar-refractivity contribution in [3.05, 3.63) is 175 Å². The molecule has 0 aliphatic carbocycles. The van der Waals surface area contributed by atoms with E-state index in [1.54, 1.807) is 0 Å². The number of hydrogen-bond donors (Lipinski definition) is 0. The van der Waals surface area contributed by atoms with Crippen LogP contribution < -0.4 is 4.90 Å². The Labute approximate surface area is 277 Å². The van der Waals surface area contributed by atoms with E-state index in [9.17, 15) is 0 Å². The van der Waals surface area contributed by atoms with E-state index < -0.39 is 0 Å². The molecule has 0 aliphatic heterocycles. The number of hydrogen-bond acceptors (Lipinski definition) is 1. The van der Waals surface area contributed by atoms with Gasteiger partial charge in [0.2, 0.25) is 0 Å². The minimum atomic E-state index is 0.0970. The first-order valence-electron chi connectivity index (χ1n) is 16.4. The Balaban J connectivity index is 1.20. The average Bonchev–Trinajstić information content (AvgIpc) is 3.12. The summed E-state index contributed by atoms with van der Waals surface area (Å²) in [6.45, 7) is 6.79. The molecular weight excluding hydrogens is 567 g/mol. The fourth-order valence-corrected chi connectivity index (χ4v) is 6.88. The lowest BCUT2D eigenvalue weighted by molar-refractivity contribution is 0.590. The number of benzene rings is 8. The van der Waals surface area contributed by atoms with Crippen LogP contribution in [0.15, 0.2) is 170 Å². The topological polar surface area (TPSA) is 3.24 Å². The molecule has 8 rings (SSSR count). The van der Waals surface area contributed by atoms with Gasteiger partial charge in [-0.25, -0.2) is 0 Å². The van der Waals surface area contributed by atoms with E-state index in [2.05, 4.69) is 196 Å². The van der Waals surface area contributed by atoms with Crippen molar-refractivity contribution in [2.24, 2.45) is 0 Å². The van der Waals surface area contributed by atoms with Gasteiger partial charge in [0.15, 0.2) is 0 Å². The van der Waals surface area contributed by atoms with E-state index in [4.69, 9.17) is 0 Å². The van der Waals surface area contributed by atoms with Crippen LogP contribution >= 0.6 is 0 Å². The third kappa shape index (κ3) is 5.34. The average molecular weight is 604 g/mol. The van der Waals surface area contributed by atoms with Crippen molar-refractivity contribution >= 4 is 49.4 Å². The van der Waals surface area contributed by atoms with Crippen LogP contribution in [-0.2, 0) is 5.41 Å². The van der Waals surface area contributed by atoms with Crippen LogP contribution in [0.1, 0.15) is 26.3 Å². The van der Waals surface area contributed by atoms with Crippen molar-refractivity contribution in [2.75, 3.05) is 4.90 Å². The van der Waals surface area contributed by atoms with Gasteiger partial charge in [0.05, 0.1) is 0 Å². The van der Waals surface area contributed by atoms with Gasteiger partial charge < -0.3 is 4.90 Å². The molecule has 0 spiro atoms. The summed E-state index contributed by atoms with van der Waals surface area (Å²) < 4.78 is 0. The second kappa shape index (κ2) is 11.6. The summed E-state index contributed by atoms with van der Waals surface area (Å²) in [6.07, 6.45) is 0. The Morgan fingerprint density at radius 1 is 0.319 bits per heavy atom. The van der Waals surface area contributed by atoms with Crippen molar-refractivity contribution in [3.8, 4) is 22.3 Å². The zero-order chi connectivity index (χ0) is 32.0. The molecule has 0 saturated carbocycles. The Morgan fingerprint density at radius 3 is 1.17 bits per heavy atom. The molecule has 47 heavy (non-hydrogen) atoms. The molecule has 8 aromatic rings. The maximum absolute atomic E-state index is 2.37. The summed E-state index contributed by atoms with van der Waals surface area (Å²) in [4.78, 5) is 2.35. The quantitative estimate of drug-likeness (QED) is 0.177. The Hall–Kier alpha value is -5.66. The molecule has 0 aliphatic rings. The minimum absolute atomic E-state index is 0.0970. The fraction of sp³-hybridized carbons (Fsp3) is 0.0870. The van der Waals surface area contributed by atoms with Crippen molar-refractivity contribution in [2.45, 2.75) is 26.2 Å². The summed E-state index contributed by atoms with van der Waals surface area (Å²) in [5, 5.41) is 7.79. The number of anilines is 3. The second-order valence-electron chi connectivity index (χ2n) is 13.4. The SMILES string of the molecule is CC(C)(C)c1ccc(N(c2ccc(-c3ccccc3)cc2)c2ccc(-c3ccc4c5ccccc5c5ccccc5c4c3)cc2)cc1. The van der Waals surface area contributed by atoms with Crippen LogP contribution in [0, 0.1) is 0 Å². The Morgan fingerprint density at radius 2 is 0.681 bits per heavy atom. The van der Waals surface area contributed by atoms with Gasteiger partial charge in [-0.05, 0) is 108 Å². The molecule has 0 radical (unpaired) electrons. The van der Waals surface area contributed by atoms with Gasteiger partial charge in [-0.1, -0.05) is 148 Å². The van der Waals surface area contributed by atoms with E-state index in [0.717, 1.165) is 17.1 Å². The lowest BCUT2D eigenvalue weighted by Crippen LogP contribution is -2.13. The highest BCUT2D eigenvalue weighted by atomic mass is 15.1. The summed E-state index contributed by atoms with van der Waals surface area (Å²) >= 11 is 0. The van der Waals surface area contributed by atoms with Gasteiger partial charge in [0.25, 0.3) is 0 Å². The molecule has 226 valence electrons. The summed E-state index contributed by atoms with van der Waals surface area (Å²) in [7, 11) is 0. The predicted octanol–water partition coefficient (Wildman–Crippen LogP) is 13.2. The largest absolute Gasteiger partial charge is 0.311 e. The van der Waals surface area contributed by atoms with E-state index >= 15 is 0 Å². The molecule has 0 N–H and O–H groups in total. The normalized spacial score (nSPS) is 11.7. The zero-order valence-electron chi connectivity index (χ0n) is 27.1.